The number of ether oxygens (including phenoxy) is 2. The van der Waals surface area contributed by atoms with E-state index in [4.69, 9.17) is 10.8 Å². The first kappa shape index (κ1) is 19.4. The molecule has 7 nitrogen and oxygen atoms in total. The number of hydrogen-bond acceptors (Lipinski definition) is 5. The molecule has 122 valence electrons. The molecular weight excluding hydrogens is 290 g/mol. The first-order valence-corrected chi connectivity index (χ1v) is 6.79. The van der Waals surface area contributed by atoms with Crippen molar-refractivity contribution < 1.29 is 29.0 Å². The molecule has 0 aliphatic carbocycles. The molecule has 1 aromatic rings. The lowest BCUT2D eigenvalue weighted by molar-refractivity contribution is -0.143. The molecule has 0 spiro atoms. The molecule has 0 fully saturated rings. The van der Waals surface area contributed by atoms with Crippen molar-refractivity contribution >= 4 is 18.0 Å². The molecule has 0 bridgehead atoms. The molecule has 22 heavy (non-hydrogen) atoms. The smallest absolute Gasteiger partial charge is 0.404 e. The number of rotatable bonds is 7. The summed E-state index contributed by atoms with van der Waals surface area (Å²) in [5.41, 5.74) is 5.72. The highest BCUT2D eigenvalue weighted by atomic mass is 16.5. The van der Waals surface area contributed by atoms with Crippen molar-refractivity contribution in [3.8, 4) is 0 Å². The molecule has 7 heteroatoms. The van der Waals surface area contributed by atoms with Crippen LogP contribution in [0.15, 0.2) is 30.3 Å². The van der Waals surface area contributed by atoms with Crippen LogP contribution < -0.4 is 5.73 Å². The summed E-state index contributed by atoms with van der Waals surface area (Å²) in [5.74, 6) is -1.21. The van der Waals surface area contributed by atoms with Gasteiger partial charge in [0.2, 0.25) is 0 Å². The Labute approximate surface area is 129 Å². The second kappa shape index (κ2) is 12.2. The number of nitrogens with two attached hydrogens (primary N) is 1. The van der Waals surface area contributed by atoms with Crippen LogP contribution in [-0.4, -0.2) is 29.7 Å². The molecule has 1 amide bonds. The fraction of sp³-hybridized carbons (Fsp3) is 0.400. The third-order valence-electron chi connectivity index (χ3n) is 2.30. The van der Waals surface area contributed by atoms with E-state index in [0.717, 1.165) is 5.56 Å². The first-order valence-electron chi connectivity index (χ1n) is 6.79. The van der Waals surface area contributed by atoms with E-state index in [1.54, 1.807) is 6.92 Å². The molecule has 0 aliphatic rings. The minimum atomic E-state index is -0.880. The highest BCUT2D eigenvalue weighted by Crippen LogP contribution is 1.99. The van der Waals surface area contributed by atoms with Gasteiger partial charge in [-0.15, -0.1) is 0 Å². The van der Waals surface area contributed by atoms with Crippen molar-refractivity contribution in [2.24, 2.45) is 5.73 Å². The Morgan fingerprint density at radius 2 is 1.73 bits per heavy atom. The summed E-state index contributed by atoms with van der Waals surface area (Å²) in [6, 6.07) is 9.37. The normalized spacial score (nSPS) is 9.14. The maximum absolute atomic E-state index is 10.6. The van der Waals surface area contributed by atoms with Crippen molar-refractivity contribution in [3.05, 3.63) is 35.9 Å². The van der Waals surface area contributed by atoms with Gasteiger partial charge in [0.05, 0.1) is 6.61 Å². The van der Waals surface area contributed by atoms with Crippen molar-refractivity contribution in [2.45, 2.75) is 32.8 Å². The summed E-state index contributed by atoms with van der Waals surface area (Å²) < 4.78 is 9.16. The molecule has 3 N–H and O–H groups in total. The van der Waals surface area contributed by atoms with Crippen LogP contribution in [0, 0.1) is 0 Å². The molecule has 0 heterocycles. The summed E-state index contributed by atoms with van der Waals surface area (Å²) in [7, 11) is 0. The van der Waals surface area contributed by atoms with Gasteiger partial charge in [0.1, 0.15) is 6.61 Å². The van der Waals surface area contributed by atoms with Gasteiger partial charge in [0, 0.05) is 12.8 Å². The van der Waals surface area contributed by atoms with Crippen molar-refractivity contribution in [2.75, 3.05) is 6.61 Å². The largest absolute Gasteiger partial charge is 0.481 e. The van der Waals surface area contributed by atoms with E-state index in [2.05, 4.69) is 9.47 Å². The van der Waals surface area contributed by atoms with Crippen LogP contribution in [0.1, 0.15) is 31.7 Å². The van der Waals surface area contributed by atoms with Gasteiger partial charge in [-0.2, -0.15) is 0 Å². The van der Waals surface area contributed by atoms with Gasteiger partial charge in [-0.1, -0.05) is 30.3 Å². The minimum Gasteiger partial charge on any atom is -0.481 e. The third kappa shape index (κ3) is 12.5. The molecule has 1 aromatic carbocycles. The average Bonchev–Trinajstić information content (AvgIpc) is 2.47. The monoisotopic (exact) mass is 311 g/mol. The van der Waals surface area contributed by atoms with Crippen molar-refractivity contribution in [1.82, 2.24) is 0 Å². The summed E-state index contributed by atoms with van der Waals surface area (Å²) in [5, 5.41) is 8.20. The molecule has 0 radical (unpaired) electrons. The Kier molecular flexibility index (Phi) is 10.8. The second-order valence-corrected chi connectivity index (χ2v) is 4.15. The van der Waals surface area contributed by atoms with Gasteiger partial charge in [0.15, 0.2) is 0 Å². The molecule has 0 aromatic heterocycles. The van der Waals surface area contributed by atoms with Crippen LogP contribution in [-0.2, 0) is 25.7 Å². The van der Waals surface area contributed by atoms with Gasteiger partial charge >= 0.3 is 18.0 Å². The number of esters is 1. The van der Waals surface area contributed by atoms with Gasteiger partial charge in [-0.3, -0.25) is 9.59 Å². The molecule has 0 atom stereocenters. The van der Waals surface area contributed by atoms with E-state index >= 15 is 0 Å². The van der Waals surface area contributed by atoms with Crippen LogP contribution >= 0.6 is 0 Å². The number of carboxylic acid groups (broad SMARTS) is 1. The number of carboxylic acids is 1. The summed E-state index contributed by atoms with van der Waals surface area (Å²) in [6.45, 7) is 2.32. The fourth-order valence-corrected chi connectivity index (χ4v) is 1.35. The van der Waals surface area contributed by atoms with Crippen LogP contribution in [0.3, 0.4) is 0 Å². The third-order valence-corrected chi connectivity index (χ3v) is 2.30. The maximum atomic E-state index is 10.6. The lowest BCUT2D eigenvalue weighted by Gasteiger charge is -1.99. The molecular formula is C15H21NO6. The van der Waals surface area contributed by atoms with Gasteiger partial charge in [-0.05, 0) is 18.9 Å². The molecule has 0 unspecified atom stereocenters. The summed E-state index contributed by atoms with van der Waals surface area (Å²) >= 11 is 0. The zero-order valence-electron chi connectivity index (χ0n) is 12.5. The number of benzene rings is 1. The number of primary amides is 1. The molecule has 1 rings (SSSR count). The van der Waals surface area contributed by atoms with Crippen molar-refractivity contribution in [3.63, 3.8) is 0 Å². The predicted octanol–water partition coefficient (Wildman–Crippen LogP) is 2.09. The van der Waals surface area contributed by atoms with Crippen LogP contribution in [0.2, 0.25) is 0 Å². The van der Waals surface area contributed by atoms with Crippen LogP contribution in [0.25, 0.3) is 0 Å². The van der Waals surface area contributed by atoms with Crippen molar-refractivity contribution in [1.29, 1.82) is 0 Å². The quantitative estimate of drug-likeness (QED) is 0.745. The number of hydrogen-bond donors (Lipinski definition) is 2. The molecule has 0 saturated heterocycles. The van der Waals surface area contributed by atoms with Crippen LogP contribution in [0.5, 0.6) is 0 Å². The van der Waals surface area contributed by atoms with Gasteiger partial charge in [0.25, 0.3) is 0 Å². The van der Waals surface area contributed by atoms with E-state index in [1.165, 1.54) is 0 Å². The highest BCUT2D eigenvalue weighted by molar-refractivity contribution is 5.71. The van der Waals surface area contributed by atoms with Gasteiger partial charge in [-0.25, -0.2) is 4.79 Å². The number of amides is 1. The Hall–Kier alpha value is -2.57. The predicted molar refractivity (Wildman–Crippen MR) is 78.9 cm³/mol. The lowest BCUT2D eigenvalue weighted by atomic mass is 10.2. The van der Waals surface area contributed by atoms with Crippen LogP contribution in [0.4, 0.5) is 4.79 Å². The van der Waals surface area contributed by atoms with E-state index in [0.29, 0.717) is 13.0 Å². The molecule has 0 aliphatic heterocycles. The lowest BCUT2D eigenvalue weighted by Crippen LogP contribution is -2.12. The number of aliphatic carboxylic acids is 1. The Bertz CT molecular complexity index is 460. The summed E-state index contributed by atoms with van der Waals surface area (Å²) in [4.78, 5) is 30.8. The second-order valence-electron chi connectivity index (χ2n) is 4.15. The Balaban J connectivity index is 0.000000401. The Morgan fingerprint density at radius 3 is 2.23 bits per heavy atom. The van der Waals surface area contributed by atoms with E-state index in [-0.39, 0.29) is 25.4 Å². The topological polar surface area (TPSA) is 116 Å². The SMILES string of the molecule is CCOC(=O)CCCC(=O)O.NC(=O)OCc1ccccc1. The maximum Gasteiger partial charge on any atom is 0.404 e. The molecule has 0 saturated carbocycles. The fourth-order valence-electron chi connectivity index (χ4n) is 1.35. The minimum absolute atomic E-state index is 0.0266. The highest BCUT2D eigenvalue weighted by Gasteiger charge is 2.03. The van der Waals surface area contributed by atoms with E-state index in [1.807, 2.05) is 30.3 Å². The number of carbonyl (C=O) groups is 3. The zero-order chi connectivity index (χ0) is 16.8. The summed E-state index contributed by atoms with van der Waals surface area (Å²) in [6.07, 6.45) is -0.165. The van der Waals surface area contributed by atoms with E-state index in [9.17, 15) is 14.4 Å². The zero-order valence-corrected chi connectivity index (χ0v) is 12.5. The van der Waals surface area contributed by atoms with E-state index < -0.39 is 12.1 Å². The first-order chi connectivity index (χ1) is 10.5. The van der Waals surface area contributed by atoms with Gasteiger partial charge < -0.3 is 20.3 Å². The average molecular weight is 311 g/mol. The standard InChI is InChI=1S/C8H9NO2.C7H12O4/c9-8(10)11-6-7-4-2-1-3-5-7;1-2-11-7(10)5-3-4-6(8)9/h1-5H,6H2,(H2,9,10);2-5H2,1H3,(H,8,9). The Morgan fingerprint density at radius 1 is 1.09 bits per heavy atom. The number of carbonyl (C=O) groups excluding carboxylic acids is 2.